The van der Waals surface area contributed by atoms with Gasteiger partial charge in [0.15, 0.2) is 29.3 Å². The highest BCUT2D eigenvalue weighted by Gasteiger charge is 2.47. The Hall–Kier alpha value is -4.91. The summed E-state index contributed by atoms with van der Waals surface area (Å²) in [6, 6.07) is 24.3. The first-order chi connectivity index (χ1) is 22.5. The standard InChI is InChI=1S/C33H36N8O4/c1-2-35-31(44)28-26(42)27(43)32(45-28)41-20-38-25-29(39-33(40-30(25)41)36-17-15-21-10-9-16-34-18-21)37-19-24(22-11-5-3-6-12-22)23-13-7-4-8-14-23/h3-14,16,18,20,24,26-28,32,42-43H,2,15,17,19H2,1H3,(H,35,44)(H2,36,37,39,40)/t26-,27+,28-,32?/m0/s1/i1D. The van der Waals surface area contributed by atoms with Crippen LogP contribution in [0.2, 0.25) is 0 Å². The first-order valence-electron chi connectivity index (χ1n) is 15.5. The Morgan fingerprint density at radius 1 is 1.00 bits per heavy atom. The van der Waals surface area contributed by atoms with E-state index >= 15 is 0 Å². The van der Waals surface area contributed by atoms with Crippen molar-refractivity contribution >= 4 is 28.8 Å². The number of hydrogen-bond donors (Lipinski definition) is 5. The van der Waals surface area contributed by atoms with Gasteiger partial charge in [0.25, 0.3) is 5.91 Å². The molecule has 0 aliphatic carbocycles. The minimum Gasteiger partial charge on any atom is -0.387 e. The number of aliphatic hydroxyl groups excluding tert-OH is 2. The average Bonchev–Trinajstić information content (AvgIpc) is 3.65. The van der Waals surface area contributed by atoms with Crippen molar-refractivity contribution in [3.63, 3.8) is 0 Å². The fourth-order valence-electron chi connectivity index (χ4n) is 5.50. The van der Waals surface area contributed by atoms with Gasteiger partial charge >= 0.3 is 0 Å². The lowest BCUT2D eigenvalue weighted by atomic mass is 9.91. The highest BCUT2D eigenvalue weighted by Crippen LogP contribution is 2.34. The number of carbonyl (C=O) groups excluding carboxylic acids is 1. The van der Waals surface area contributed by atoms with Gasteiger partial charge < -0.3 is 30.9 Å². The third-order valence-electron chi connectivity index (χ3n) is 7.79. The molecule has 232 valence electrons. The molecule has 1 aliphatic heterocycles. The predicted octanol–water partition coefficient (Wildman–Crippen LogP) is 2.88. The summed E-state index contributed by atoms with van der Waals surface area (Å²) in [4.78, 5) is 30.9. The number of nitrogens with one attached hydrogen (secondary N) is 3. The van der Waals surface area contributed by atoms with Crippen LogP contribution < -0.4 is 16.0 Å². The summed E-state index contributed by atoms with van der Waals surface area (Å²) in [5.74, 6) is 0.208. The van der Waals surface area contributed by atoms with Gasteiger partial charge in [0, 0.05) is 39.3 Å². The van der Waals surface area contributed by atoms with Crippen LogP contribution in [0.3, 0.4) is 0 Å². The molecule has 4 atom stereocenters. The highest BCUT2D eigenvalue weighted by molar-refractivity contribution is 5.85. The lowest BCUT2D eigenvalue weighted by Gasteiger charge is -2.20. The van der Waals surface area contributed by atoms with E-state index in [9.17, 15) is 15.0 Å². The Balaban J connectivity index is 1.31. The zero-order chi connectivity index (χ0) is 31.9. The number of rotatable bonds is 12. The van der Waals surface area contributed by atoms with E-state index in [2.05, 4.69) is 50.2 Å². The van der Waals surface area contributed by atoms with Crippen molar-refractivity contribution in [2.45, 2.75) is 43.8 Å². The lowest BCUT2D eigenvalue weighted by Crippen LogP contribution is -2.42. The SMILES string of the molecule is [2H]CCNC(=O)[C@H]1OC(n2cnc3c(NCC(c4ccccc4)c4ccccc4)nc(NCCc4cccnc4)nc32)[C@H](O)[C@@H]1O. The maximum Gasteiger partial charge on any atom is 0.252 e. The fourth-order valence-corrected chi connectivity index (χ4v) is 5.50. The van der Waals surface area contributed by atoms with Gasteiger partial charge in [-0.15, -0.1) is 0 Å². The summed E-state index contributed by atoms with van der Waals surface area (Å²) >= 11 is 0. The first-order valence-corrected chi connectivity index (χ1v) is 14.8. The number of carbonyl (C=O) groups is 1. The number of aliphatic hydroxyl groups is 2. The van der Waals surface area contributed by atoms with Crippen molar-refractivity contribution in [2.75, 3.05) is 30.3 Å². The third-order valence-corrected chi connectivity index (χ3v) is 7.79. The number of nitrogens with zero attached hydrogens (tertiary/aromatic N) is 5. The van der Waals surface area contributed by atoms with Gasteiger partial charge in [0.2, 0.25) is 5.95 Å². The van der Waals surface area contributed by atoms with Crippen LogP contribution in [0, 0.1) is 0 Å². The zero-order valence-electron chi connectivity index (χ0n) is 25.5. The van der Waals surface area contributed by atoms with Gasteiger partial charge in [-0.1, -0.05) is 66.7 Å². The molecule has 12 nitrogen and oxygen atoms in total. The van der Waals surface area contributed by atoms with E-state index in [1.807, 2.05) is 54.7 Å². The van der Waals surface area contributed by atoms with Gasteiger partial charge in [0.1, 0.15) is 12.2 Å². The molecule has 1 aliphatic rings. The molecular weight excluding hydrogens is 572 g/mol. The number of hydrogen-bond acceptors (Lipinski definition) is 10. The van der Waals surface area contributed by atoms with Crippen molar-refractivity contribution in [3.8, 4) is 0 Å². The average molecular weight is 610 g/mol. The Morgan fingerprint density at radius 2 is 1.76 bits per heavy atom. The summed E-state index contributed by atoms with van der Waals surface area (Å²) in [5, 5.41) is 31.0. The number of aromatic nitrogens is 5. The quantitative estimate of drug-likeness (QED) is 0.142. The molecule has 3 aromatic heterocycles. The Morgan fingerprint density at radius 3 is 2.44 bits per heavy atom. The van der Waals surface area contributed by atoms with E-state index in [4.69, 9.17) is 16.1 Å². The summed E-state index contributed by atoms with van der Waals surface area (Å²) in [5.41, 5.74) is 4.11. The van der Waals surface area contributed by atoms with E-state index in [0.29, 0.717) is 42.4 Å². The Labute approximate surface area is 262 Å². The fraction of sp³-hybridized carbons (Fsp3) is 0.303. The topological polar surface area (TPSA) is 159 Å². The maximum absolute atomic E-state index is 12.6. The molecule has 12 heteroatoms. The van der Waals surface area contributed by atoms with Crippen molar-refractivity contribution in [3.05, 3.63) is 108 Å². The molecule has 0 bridgehead atoms. The number of fused-ring (bicyclic) bond motifs is 1. The van der Waals surface area contributed by atoms with Crippen LogP contribution in [0.25, 0.3) is 11.2 Å². The van der Waals surface area contributed by atoms with Gasteiger partial charge in [-0.3, -0.25) is 14.3 Å². The molecule has 1 fully saturated rings. The predicted molar refractivity (Wildman–Crippen MR) is 170 cm³/mol. The molecule has 2 aromatic carbocycles. The van der Waals surface area contributed by atoms with Crippen LogP contribution in [-0.2, 0) is 16.0 Å². The van der Waals surface area contributed by atoms with Crippen molar-refractivity contribution in [1.82, 2.24) is 29.8 Å². The van der Waals surface area contributed by atoms with E-state index < -0.39 is 30.4 Å². The minimum absolute atomic E-state index is 0.00890. The number of likely N-dealkylation sites (N-methyl/N-ethyl adjacent to an activating group) is 1. The molecule has 0 radical (unpaired) electrons. The number of pyridine rings is 1. The number of amides is 1. The molecule has 1 saturated heterocycles. The second-order valence-electron chi connectivity index (χ2n) is 10.7. The molecule has 1 unspecified atom stereocenters. The van der Waals surface area contributed by atoms with Crippen LogP contribution in [0.1, 0.15) is 37.1 Å². The Bertz CT molecular complexity index is 1690. The van der Waals surface area contributed by atoms with Gasteiger partial charge in [-0.2, -0.15) is 9.97 Å². The van der Waals surface area contributed by atoms with E-state index in [1.165, 1.54) is 10.9 Å². The van der Waals surface area contributed by atoms with Crippen LogP contribution >= 0.6 is 0 Å². The molecule has 1 amide bonds. The molecule has 0 saturated carbocycles. The largest absolute Gasteiger partial charge is 0.387 e. The minimum atomic E-state index is -1.48. The maximum atomic E-state index is 12.6. The summed E-state index contributed by atoms with van der Waals surface area (Å²) in [6.45, 7) is 1.11. The second-order valence-corrected chi connectivity index (χ2v) is 10.7. The summed E-state index contributed by atoms with van der Waals surface area (Å²) < 4.78 is 14.7. The van der Waals surface area contributed by atoms with Crippen molar-refractivity contribution in [2.24, 2.45) is 0 Å². The molecule has 5 N–H and O–H groups in total. The molecule has 45 heavy (non-hydrogen) atoms. The third kappa shape index (κ3) is 6.63. The van der Waals surface area contributed by atoms with E-state index in [0.717, 1.165) is 16.7 Å². The van der Waals surface area contributed by atoms with Gasteiger partial charge in [0.05, 0.1) is 6.33 Å². The smallest absolute Gasteiger partial charge is 0.252 e. The number of ether oxygens (including phenoxy) is 1. The molecule has 0 spiro atoms. The zero-order valence-corrected chi connectivity index (χ0v) is 24.5. The van der Waals surface area contributed by atoms with Gasteiger partial charge in [-0.05, 0) is 36.1 Å². The number of imidazole rings is 1. The summed E-state index contributed by atoms with van der Waals surface area (Å²) in [6.07, 6.45) is 0.304. The number of benzene rings is 2. The molecular formula is C33H36N8O4. The monoisotopic (exact) mass is 609 g/mol. The molecule has 6 rings (SSSR count). The van der Waals surface area contributed by atoms with E-state index in [1.54, 1.807) is 6.20 Å². The normalized spacial score (nSPS) is 19.8. The first kappa shape index (κ1) is 28.8. The number of anilines is 2. The highest BCUT2D eigenvalue weighted by atomic mass is 16.6. The Kier molecular flexibility index (Phi) is 8.85. The van der Waals surface area contributed by atoms with Crippen LogP contribution in [0.4, 0.5) is 11.8 Å². The second kappa shape index (κ2) is 13.8. The van der Waals surface area contributed by atoms with Crippen molar-refractivity contribution in [1.29, 1.82) is 0 Å². The van der Waals surface area contributed by atoms with Gasteiger partial charge in [-0.25, -0.2) is 4.98 Å². The molecule has 5 aromatic rings. The lowest BCUT2D eigenvalue weighted by molar-refractivity contribution is -0.137. The molecule has 4 heterocycles. The van der Waals surface area contributed by atoms with Crippen LogP contribution in [0.5, 0.6) is 0 Å². The van der Waals surface area contributed by atoms with E-state index in [-0.39, 0.29) is 19.4 Å². The van der Waals surface area contributed by atoms with Crippen LogP contribution in [-0.4, -0.2) is 78.6 Å². The van der Waals surface area contributed by atoms with Crippen molar-refractivity contribution < 1.29 is 21.1 Å². The summed E-state index contributed by atoms with van der Waals surface area (Å²) in [7, 11) is 0. The van der Waals surface area contributed by atoms with Crippen LogP contribution in [0.15, 0.2) is 91.5 Å².